The largest absolute Gasteiger partial charge is 0.355 e. The zero-order valence-electron chi connectivity index (χ0n) is 9.40. The Hall–Kier alpha value is -0.570. The Bertz CT molecular complexity index is 161. The fourth-order valence-electron chi connectivity index (χ4n) is 0.845. The molecule has 0 aliphatic carbocycles. The van der Waals surface area contributed by atoms with Crippen molar-refractivity contribution in [1.82, 2.24) is 10.6 Å². The summed E-state index contributed by atoms with van der Waals surface area (Å²) in [5.41, 5.74) is 0.288. The van der Waals surface area contributed by atoms with Crippen LogP contribution in [0, 0.1) is 5.41 Å². The van der Waals surface area contributed by atoms with Gasteiger partial charge < -0.3 is 10.6 Å². The van der Waals surface area contributed by atoms with Gasteiger partial charge in [-0.3, -0.25) is 4.79 Å². The van der Waals surface area contributed by atoms with E-state index in [0.29, 0.717) is 0 Å². The quantitative estimate of drug-likeness (QED) is 0.691. The second-order valence-corrected chi connectivity index (χ2v) is 4.61. The van der Waals surface area contributed by atoms with Gasteiger partial charge in [0, 0.05) is 6.54 Å². The SMILES string of the molecule is CNC(C)C(=O)NCCC(C)(C)C. The van der Waals surface area contributed by atoms with E-state index in [9.17, 15) is 4.79 Å². The van der Waals surface area contributed by atoms with E-state index in [2.05, 4.69) is 31.4 Å². The average molecular weight is 186 g/mol. The summed E-state index contributed by atoms with van der Waals surface area (Å²) in [4.78, 5) is 11.3. The lowest BCUT2D eigenvalue weighted by Crippen LogP contribution is -2.41. The van der Waals surface area contributed by atoms with Gasteiger partial charge in [-0.25, -0.2) is 0 Å². The molecule has 1 amide bonds. The van der Waals surface area contributed by atoms with Gasteiger partial charge in [0.15, 0.2) is 0 Å². The highest BCUT2D eigenvalue weighted by atomic mass is 16.2. The zero-order chi connectivity index (χ0) is 10.5. The Balaban J connectivity index is 3.60. The van der Waals surface area contributed by atoms with Gasteiger partial charge in [0.1, 0.15) is 0 Å². The minimum Gasteiger partial charge on any atom is -0.355 e. The molecule has 0 radical (unpaired) electrons. The van der Waals surface area contributed by atoms with Crippen molar-refractivity contribution in [1.29, 1.82) is 0 Å². The molecule has 0 aromatic rings. The van der Waals surface area contributed by atoms with Gasteiger partial charge in [0.05, 0.1) is 6.04 Å². The Kier molecular flexibility index (Phi) is 4.99. The number of amides is 1. The predicted octanol–water partition coefficient (Wildman–Crippen LogP) is 1.15. The van der Waals surface area contributed by atoms with E-state index < -0.39 is 0 Å². The molecule has 78 valence electrons. The van der Waals surface area contributed by atoms with Crippen LogP contribution in [0.3, 0.4) is 0 Å². The molecule has 1 atom stereocenters. The van der Waals surface area contributed by atoms with Crippen LogP contribution in [0.5, 0.6) is 0 Å². The molecule has 0 fully saturated rings. The van der Waals surface area contributed by atoms with Crippen molar-refractivity contribution in [2.24, 2.45) is 5.41 Å². The van der Waals surface area contributed by atoms with Gasteiger partial charge >= 0.3 is 0 Å². The lowest BCUT2D eigenvalue weighted by atomic mass is 9.92. The molecule has 2 N–H and O–H groups in total. The van der Waals surface area contributed by atoms with Gasteiger partial charge in [-0.2, -0.15) is 0 Å². The summed E-state index contributed by atoms with van der Waals surface area (Å²) >= 11 is 0. The van der Waals surface area contributed by atoms with Crippen LogP contribution in [0.25, 0.3) is 0 Å². The van der Waals surface area contributed by atoms with Crippen LogP contribution in [-0.2, 0) is 4.79 Å². The Morgan fingerprint density at radius 3 is 2.31 bits per heavy atom. The molecule has 13 heavy (non-hydrogen) atoms. The maximum atomic E-state index is 11.3. The number of likely N-dealkylation sites (N-methyl/N-ethyl adjacent to an activating group) is 1. The fraction of sp³-hybridized carbons (Fsp3) is 0.900. The Morgan fingerprint density at radius 2 is 1.92 bits per heavy atom. The highest BCUT2D eigenvalue weighted by Crippen LogP contribution is 2.16. The number of nitrogens with one attached hydrogen (secondary N) is 2. The Morgan fingerprint density at radius 1 is 1.38 bits per heavy atom. The van der Waals surface area contributed by atoms with Crippen LogP contribution in [0.15, 0.2) is 0 Å². The standard InChI is InChI=1S/C10H22N2O/c1-8(11-5)9(13)12-7-6-10(2,3)4/h8,11H,6-7H2,1-5H3,(H,12,13). The van der Waals surface area contributed by atoms with E-state index in [4.69, 9.17) is 0 Å². The van der Waals surface area contributed by atoms with Crippen molar-refractivity contribution in [2.75, 3.05) is 13.6 Å². The summed E-state index contributed by atoms with van der Waals surface area (Å²) in [6.45, 7) is 9.11. The van der Waals surface area contributed by atoms with Gasteiger partial charge in [-0.05, 0) is 25.8 Å². The third kappa shape index (κ3) is 6.58. The number of hydrogen-bond donors (Lipinski definition) is 2. The molecule has 0 spiro atoms. The summed E-state index contributed by atoms with van der Waals surface area (Å²) in [7, 11) is 1.79. The summed E-state index contributed by atoms with van der Waals surface area (Å²) in [6, 6.07) is -0.0973. The fourth-order valence-corrected chi connectivity index (χ4v) is 0.845. The molecule has 0 saturated heterocycles. The van der Waals surface area contributed by atoms with E-state index in [-0.39, 0.29) is 17.4 Å². The van der Waals surface area contributed by atoms with Crippen molar-refractivity contribution >= 4 is 5.91 Å². The second kappa shape index (κ2) is 5.22. The third-order valence-corrected chi connectivity index (χ3v) is 2.00. The number of carbonyl (C=O) groups excluding carboxylic acids is 1. The summed E-state index contributed by atoms with van der Waals surface area (Å²) < 4.78 is 0. The minimum absolute atomic E-state index is 0.0757. The lowest BCUT2D eigenvalue weighted by molar-refractivity contribution is -0.122. The molecular weight excluding hydrogens is 164 g/mol. The smallest absolute Gasteiger partial charge is 0.236 e. The van der Waals surface area contributed by atoms with Crippen LogP contribution in [-0.4, -0.2) is 25.5 Å². The second-order valence-electron chi connectivity index (χ2n) is 4.61. The minimum atomic E-state index is -0.0973. The van der Waals surface area contributed by atoms with Crippen LogP contribution >= 0.6 is 0 Å². The molecule has 0 aliphatic heterocycles. The van der Waals surface area contributed by atoms with E-state index in [1.807, 2.05) is 6.92 Å². The maximum Gasteiger partial charge on any atom is 0.236 e. The molecule has 0 aliphatic rings. The van der Waals surface area contributed by atoms with E-state index in [1.54, 1.807) is 7.05 Å². The molecule has 0 aromatic heterocycles. The first-order valence-corrected chi connectivity index (χ1v) is 4.82. The average Bonchev–Trinajstić information content (AvgIpc) is 2.00. The third-order valence-electron chi connectivity index (χ3n) is 2.00. The molecule has 0 bridgehead atoms. The zero-order valence-corrected chi connectivity index (χ0v) is 9.40. The summed E-state index contributed by atoms with van der Waals surface area (Å²) in [6.07, 6.45) is 1.01. The van der Waals surface area contributed by atoms with Crippen molar-refractivity contribution in [3.05, 3.63) is 0 Å². The molecule has 0 aromatic carbocycles. The first-order valence-electron chi connectivity index (χ1n) is 4.82. The topological polar surface area (TPSA) is 41.1 Å². The molecule has 0 rings (SSSR count). The van der Waals surface area contributed by atoms with Crippen molar-refractivity contribution in [3.8, 4) is 0 Å². The van der Waals surface area contributed by atoms with Crippen LogP contribution in [0.1, 0.15) is 34.1 Å². The van der Waals surface area contributed by atoms with Gasteiger partial charge in [0.2, 0.25) is 5.91 Å². The molecule has 3 nitrogen and oxygen atoms in total. The lowest BCUT2D eigenvalue weighted by Gasteiger charge is -2.19. The first kappa shape index (κ1) is 12.4. The number of carbonyl (C=O) groups is 1. The van der Waals surface area contributed by atoms with Crippen molar-refractivity contribution in [2.45, 2.75) is 40.2 Å². The van der Waals surface area contributed by atoms with Gasteiger partial charge in [-0.15, -0.1) is 0 Å². The van der Waals surface area contributed by atoms with Gasteiger partial charge in [0.25, 0.3) is 0 Å². The molecule has 0 saturated carbocycles. The van der Waals surface area contributed by atoms with E-state index in [0.717, 1.165) is 13.0 Å². The highest BCUT2D eigenvalue weighted by molar-refractivity contribution is 5.81. The van der Waals surface area contributed by atoms with Crippen molar-refractivity contribution < 1.29 is 4.79 Å². The maximum absolute atomic E-state index is 11.3. The predicted molar refractivity (Wildman–Crippen MR) is 55.6 cm³/mol. The van der Waals surface area contributed by atoms with Crippen LogP contribution < -0.4 is 10.6 Å². The summed E-state index contributed by atoms with van der Waals surface area (Å²) in [5, 5.41) is 5.79. The van der Waals surface area contributed by atoms with Crippen LogP contribution in [0.4, 0.5) is 0 Å². The molecule has 0 heterocycles. The summed E-state index contributed by atoms with van der Waals surface area (Å²) in [5.74, 6) is 0.0757. The Labute approximate surface area is 81.3 Å². The number of rotatable bonds is 4. The number of hydrogen-bond acceptors (Lipinski definition) is 2. The van der Waals surface area contributed by atoms with E-state index >= 15 is 0 Å². The molecular formula is C10H22N2O. The molecule has 1 unspecified atom stereocenters. The highest BCUT2D eigenvalue weighted by Gasteiger charge is 2.12. The van der Waals surface area contributed by atoms with Crippen molar-refractivity contribution in [3.63, 3.8) is 0 Å². The normalized spacial score (nSPS) is 13.9. The van der Waals surface area contributed by atoms with Crippen LogP contribution in [0.2, 0.25) is 0 Å². The monoisotopic (exact) mass is 186 g/mol. The first-order chi connectivity index (χ1) is 5.87. The van der Waals surface area contributed by atoms with E-state index in [1.165, 1.54) is 0 Å². The van der Waals surface area contributed by atoms with Gasteiger partial charge in [-0.1, -0.05) is 20.8 Å². The molecule has 3 heteroatoms.